The van der Waals surface area contributed by atoms with Crippen LogP contribution in [0, 0.1) is 5.82 Å². The standard InChI is InChI=1S/C27H31FN6O3S/c1-32-8-10-33(11-9-32)23-21(28)13-20-22-25(23)37-16-27(6-7-27)34(22)15-17(24(20)35)14-29-31-26(38)30-18-4-3-5-19(12-18)36-2/h3-5,13-15,18H,6-12,16H2,1-2H3,(H2,30,31,38)/b29-14+. The van der Waals surface area contributed by atoms with E-state index in [4.69, 9.17) is 21.7 Å². The maximum Gasteiger partial charge on any atom is 0.198 e. The van der Waals surface area contributed by atoms with Crippen LogP contribution in [0.1, 0.15) is 24.8 Å². The second-order valence-electron chi connectivity index (χ2n) is 10.4. The predicted octanol–water partition coefficient (Wildman–Crippen LogP) is 2.43. The molecule has 11 heteroatoms. The number of allylic oxidation sites excluding steroid dienone is 2. The number of thiocarbonyl (C=S) groups is 1. The molecule has 0 radical (unpaired) electrons. The van der Waals surface area contributed by atoms with Gasteiger partial charge in [0, 0.05) is 38.8 Å². The Labute approximate surface area is 225 Å². The number of halogens is 1. The topological polar surface area (TPSA) is 83.4 Å². The Bertz CT molecular complexity index is 1440. The molecule has 9 nitrogen and oxygen atoms in total. The van der Waals surface area contributed by atoms with E-state index in [0.717, 1.165) is 31.7 Å². The van der Waals surface area contributed by atoms with E-state index in [1.165, 1.54) is 12.3 Å². The number of piperazine rings is 1. The summed E-state index contributed by atoms with van der Waals surface area (Å²) in [6.45, 7) is 3.55. The Balaban J connectivity index is 1.29. The Kier molecular flexibility index (Phi) is 6.35. The van der Waals surface area contributed by atoms with E-state index in [2.05, 4.69) is 32.4 Å². The van der Waals surface area contributed by atoms with Gasteiger partial charge in [0.1, 0.15) is 12.3 Å². The van der Waals surface area contributed by atoms with Gasteiger partial charge in [-0.15, -0.1) is 0 Å². The summed E-state index contributed by atoms with van der Waals surface area (Å²) in [5.74, 6) is 0.890. The summed E-state index contributed by atoms with van der Waals surface area (Å²) >= 11 is 5.37. The molecule has 2 N–H and O–H groups in total. The van der Waals surface area contributed by atoms with Gasteiger partial charge in [-0.3, -0.25) is 10.2 Å². The monoisotopic (exact) mass is 538 g/mol. The lowest BCUT2D eigenvalue weighted by Gasteiger charge is -2.37. The number of methoxy groups -OCH3 is 1. The Hall–Kier alpha value is -3.44. The van der Waals surface area contributed by atoms with E-state index in [0.29, 0.717) is 59.1 Å². The molecule has 1 spiro atoms. The number of hydrazone groups is 1. The number of nitrogens with zero attached hydrogens (tertiary/aromatic N) is 4. The molecule has 1 saturated heterocycles. The number of hydrogen-bond donors (Lipinski definition) is 2. The van der Waals surface area contributed by atoms with Crippen LogP contribution in [-0.4, -0.2) is 73.8 Å². The van der Waals surface area contributed by atoms with Crippen LogP contribution in [0.5, 0.6) is 5.75 Å². The molecule has 1 saturated carbocycles. The fourth-order valence-corrected chi connectivity index (χ4v) is 5.63. The van der Waals surface area contributed by atoms with Gasteiger partial charge in [0.15, 0.2) is 22.1 Å². The summed E-state index contributed by atoms with van der Waals surface area (Å²) in [6.07, 6.45) is 11.6. The molecule has 1 aromatic heterocycles. The van der Waals surface area contributed by atoms with E-state index in [1.54, 1.807) is 7.11 Å². The molecule has 2 fully saturated rings. The molecule has 0 amide bonds. The van der Waals surface area contributed by atoms with Crippen molar-refractivity contribution in [3.05, 3.63) is 57.9 Å². The first-order valence-electron chi connectivity index (χ1n) is 12.9. The SMILES string of the molecule is COC1=CC=CC(NC(=S)N/N=C/c2cn3c4c(c(N5CCN(C)CC5)c(F)cc4c2=O)OCC32CC2)C1. The number of anilines is 1. The third-order valence-electron chi connectivity index (χ3n) is 7.84. The van der Waals surface area contributed by atoms with Crippen LogP contribution >= 0.6 is 12.2 Å². The molecular weight excluding hydrogens is 507 g/mol. The van der Waals surface area contributed by atoms with Gasteiger partial charge in [-0.25, -0.2) is 4.39 Å². The highest BCUT2D eigenvalue weighted by molar-refractivity contribution is 7.80. The van der Waals surface area contributed by atoms with E-state index in [1.807, 2.05) is 29.3 Å². The largest absolute Gasteiger partial charge is 0.501 e. The van der Waals surface area contributed by atoms with Crippen LogP contribution in [0.3, 0.4) is 0 Å². The van der Waals surface area contributed by atoms with Crippen LogP contribution in [0.2, 0.25) is 0 Å². The number of rotatable bonds is 5. The predicted molar refractivity (Wildman–Crippen MR) is 150 cm³/mol. The van der Waals surface area contributed by atoms with E-state index in [9.17, 15) is 4.79 Å². The van der Waals surface area contributed by atoms with Crippen molar-refractivity contribution < 1.29 is 13.9 Å². The van der Waals surface area contributed by atoms with E-state index < -0.39 is 5.82 Å². The zero-order chi connectivity index (χ0) is 26.4. The van der Waals surface area contributed by atoms with Crippen LogP contribution in [0.15, 0.2) is 46.1 Å². The normalized spacial score (nSPS) is 21.9. The Morgan fingerprint density at radius 2 is 2.11 bits per heavy atom. The molecule has 1 unspecified atom stereocenters. The second kappa shape index (κ2) is 9.70. The number of pyridine rings is 1. The van der Waals surface area contributed by atoms with Crippen LogP contribution in [0.4, 0.5) is 10.1 Å². The smallest absolute Gasteiger partial charge is 0.198 e. The fourth-order valence-electron chi connectivity index (χ4n) is 5.43. The molecule has 38 heavy (non-hydrogen) atoms. The molecule has 1 atom stereocenters. The van der Waals surface area contributed by atoms with Crippen molar-refractivity contribution in [3.63, 3.8) is 0 Å². The summed E-state index contributed by atoms with van der Waals surface area (Å²) in [5.41, 5.74) is 3.78. The van der Waals surface area contributed by atoms with Gasteiger partial charge in [0.05, 0.1) is 47.1 Å². The van der Waals surface area contributed by atoms with Gasteiger partial charge < -0.3 is 29.2 Å². The number of likely N-dealkylation sites (N-methyl/N-ethyl adjacent to an activating group) is 1. The van der Waals surface area contributed by atoms with Gasteiger partial charge in [0.2, 0.25) is 0 Å². The molecule has 6 rings (SSSR count). The minimum atomic E-state index is -0.435. The van der Waals surface area contributed by atoms with Crippen LogP contribution in [-0.2, 0) is 10.3 Å². The number of benzene rings is 1. The van der Waals surface area contributed by atoms with Gasteiger partial charge in [-0.2, -0.15) is 5.10 Å². The van der Waals surface area contributed by atoms with E-state index >= 15 is 4.39 Å². The van der Waals surface area contributed by atoms with Crippen molar-refractivity contribution >= 4 is 40.1 Å². The lowest BCUT2D eigenvalue weighted by molar-refractivity contribution is 0.219. The van der Waals surface area contributed by atoms with Crippen molar-refractivity contribution in [2.24, 2.45) is 5.10 Å². The summed E-state index contributed by atoms with van der Waals surface area (Å²) < 4.78 is 29.2. The Morgan fingerprint density at radius 1 is 1.32 bits per heavy atom. The lowest BCUT2D eigenvalue weighted by atomic mass is 10.0. The molecule has 0 bridgehead atoms. The highest BCUT2D eigenvalue weighted by Gasteiger charge is 2.49. The van der Waals surface area contributed by atoms with Crippen LogP contribution < -0.4 is 25.8 Å². The molecule has 4 aliphatic rings. The lowest BCUT2D eigenvalue weighted by Crippen LogP contribution is -2.45. The first kappa shape index (κ1) is 24.9. The average Bonchev–Trinajstić information content (AvgIpc) is 3.69. The average molecular weight is 539 g/mol. The highest BCUT2D eigenvalue weighted by Crippen LogP contribution is 2.52. The van der Waals surface area contributed by atoms with Crippen molar-refractivity contribution in [1.29, 1.82) is 0 Å². The number of ether oxygens (including phenoxy) is 2. The molecule has 200 valence electrons. The molecule has 2 aliphatic heterocycles. The van der Waals surface area contributed by atoms with Crippen molar-refractivity contribution in [1.82, 2.24) is 20.2 Å². The van der Waals surface area contributed by atoms with Crippen molar-refractivity contribution in [3.8, 4) is 5.75 Å². The number of fused-ring (bicyclic) bond motifs is 1. The van der Waals surface area contributed by atoms with Crippen LogP contribution in [0.25, 0.3) is 10.9 Å². The molecule has 2 aliphatic carbocycles. The third kappa shape index (κ3) is 4.43. The summed E-state index contributed by atoms with van der Waals surface area (Å²) in [5, 5.41) is 8.01. The summed E-state index contributed by atoms with van der Waals surface area (Å²) in [6, 6.07) is 1.34. The molecule has 1 aromatic carbocycles. The first-order valence-corrected chi connectivity index (χ1v) is 13.3. The first-order chi connectivity index (χ1) is 18.4. The number of aromatic nitrogens is 1. The minimum absolute atomic E-state index is 0.0217. The minimum Gasteiger partial charge on any atom is -0.501 e. The van der Waals surface area contributed by atoms with Gasteiger partial charge >= 0.3 is 0 Å². The van der Waals surface area contributed by atoms with E-state index in [-0.39, 0.29) is 17.0 Å². The second-order valence-corrected chi connectivity index (χ2v) is 10.8. The zero-order valence-electron chi connectivity index (χ0n) is 21.5. The summed E-state index contributed by atoms with van der Waals surface area (Å²) in [4.78, 5) is 17.7. The highest BCUT2D eigenvalue weighted by atomic mass is 32.1. The maximum absolute atomic E-state index is 15.6. The van der Waals surface area contributed by atoms with Crippen molar-refractivity contribution in [2.45, 2.75) is 30.8 Å². The fraction of sp³-hybridized carbons (Fsp3) is 0.444. The number of nitrogens with one attached hydrogen (secondary N) is 2. The van der Waals surface area contributed by atoms with Crippen molar-refractivity contribution in [2.75, 3.05) is 51.8 Å². The molecule has 2 aromatic rings. The Morgan fingerprint density at radius 3 is 2.84 bits per heavy atom. The third-order valence-corrected chi connectivity index (χ3v) is 8.05. The van der Waals surface area contributed by atoms with Gasteiger partial charge in [-0.1, -0.05) is 12.2 Å². The molecule has 3 heterocycles. The summed E-state index contributed by atoms with van der Waals surface area (Å²) in [7, 11) is 3.70. The number of hydrogen-bond acceptors (Lipinski definition) is 7. The quantitative estimate of drug-likeness (QED) is 0.341. The molecular formula is C27H31FN6O3S. The maximum atomic E-state index is 15.6. The van der Waals surface area contributed by atoms with Gasteiger partial charge in [-0.05, 0) is 44.2 Å². The van der Waals surface area contributed by atoms with Gasteiger partial charge in [0.25, 0.3) is 0 Å². The zero-order valence-corrected chi connectivity index (χ0v) is 22.3.